The van der Waals surface area contributed by atoms with Gasteiger partial charge in [0.25, 0.3) is 0 Å². The minimum atomic E-state index is -3.54. The first-order chi connectivity index (χ1) is 11.9. The van der Waals surface area contributed by atoms with Crippen LogP contribution in [0.2, 0.25) is 0 Å². The monoisotopic (exact) mass is 359 g/mol. The normalized spacial score (nSPS) is 12.9. The van der Waals surface area contributed by atoms with Crippen LogP contribution >= 0.6 is 0 Å². The Kier molecular flexibility index (Phi) is 4.96. The van der Waals surface area contributed by atoms with E-state index < -0.39 is 10.0 Å². The number of nitrogens with one attached hydrogen (secondary N) is 1. The lowest BCUT2D eigenvalue weighted by molar-refractivity contribution is 0.566. The number of benzene rings is 2. The van der Waals surface area contributed by atoms with Crippen molar-refractivity contribution in [3.63, 3.8) is 0 Å². The van der Waals surface area contributed by atoms with Gasteiger partial charge in [0, 0.05) is 24.1 Å². The van der Waals surface area contributed by atoms with E-state index in [2.05, 4.69) is 9.71 Å². The molecular weight excluding hydrogens is 341 g/mol. The van der Waals surface area contributed by atoms with Crippen molar-refractivity contribution in [3.8, 4) is 5.69 Å². The summed E-state index contributed by atoms with van der Waals surface area (Å²) in [7, 11) is -3.54. The number of halogens is 1. The lowest BCUT2D eigenvalue weighted by Gasteiger charge is -2.15. The van der Waals surface area contributed by atoms with Crippen molar-refractivity contribution < 1.29 is 12.8 Å². The predicted octanol–water partition coefficient (Wildman–Crippen LogP) is 3.19. The minimum Gasteiger partial charge on any atom is -0.306 e. The molecule has 1 aromatic heterocycles. The summed E-state index contributed by atoms with van der Waals surface area (Å²) in [5.74, 6) is -0.578. The standard InChI is InChI=1S/C18H18FN3O2S/c1-14(16-4-8-18(9-5-16)22-11-10-20-13-22)21-25(23,24)12-15-2-6-17(19)7-3-15/h2-11,13-14,21H,12H2,1H3/t14-/m0/s1. The van der Waals surface area contributed by atoms with Gasteiger partial charge in [-0.1, -0.05) is 24.3 Å². The van der Waals surface area contributed by atoms with Crippen LogP contribution in [0.15, 0.2) is 67.3 Å². The summed E-state index contributed by atoms with van der Waals surface area (Å²) in [5, 5.41) is 0. The van der Waals surface area contributed by atoms with Gasteiger partial charge in [0.05, 0.1) is 12.1 Å². The molecular formula is C18H18FN3O2S. The summed E-state index contributed by atoms with van der Waals surface area (Å²) >= 11 is 0. The third kappa shape index (κ3) is 4.52. The number of aromatic nitrogens is 2. The molecule has 0 unspecified atom stereocenters. The van der Waals surface area contributed by atoms with Crippen LogP contribution in [0.1, 0.15) is 24.1 Å². The Hall–Kier alpha value is -2.51. The Labute approximate surface area is 146 Å². The average Bonchev–Trinajstić information content (AvgIpc) is 3.11. The molecule has 0 bridgehead atoms. The fourth-order valence-electron chi connectivity index (χ4n) is 2.53. The summed E-state index contributed by atoms with van der Waals surface area (Å²) in [6.45, 7) is 1.79. The average molecular weight is 359 g/mol. The molecule has 0 radical (unpaired) electrons. The molecule has 1 N–H and O–H groups in total. The highest BCUT2D eigenvalue weighted by molar-refractivity contribution is 7.88. The number of nitrogens with zero attached hydrogens (tertiary/aromatic N) is 2. The number of imidazole rings is 1. The van der Waals surface area contributed by atoms with Crippen LogP contribution in [0.25, 0.3) is 5.69 Å². The Morgan fingerprint density at radius 1 is 1.12 bits per heavy atom. The van der Waals surface area contributed by atoms with Gasteiger partial charge in [0.2, 0.25) is 10.0 Å². The molecule has 1 atom stereocenters. The van der Waals surface area contributed by atoms with Gasteiger partial charge in [-0.25, -0.2) is 22.5 Å². The molecule has 0 aliphatic heterocycles. The maximum Gasteiger partial charge on any atom is 0.216 e. The molecule has 7 heteroatoms. The van der Waals surface area contributed by atoms with Crippen molar-refractivity contribution >= 4 is 10.0 Å². The largest absolute Gasteiger partial charge is 0.306 e. The lowest BCUT2D eigenvalue weighted by Crippen LogP contribution is -2.28. The highest BCUT2D eigenvalue weighted by atomic mass is 32.2. The molecule has 1 heterocycles. The molecule has 0 aliphatic rings. The van der Waals surface area contributed by atoms with E-state index in [4.69, 9.17) is 0 Å². The van der Waals surface area contributed by atoms with Crippen LogP contribution in [-0.2, 0) is 15.8 Å². The van der Waals surface area contributed by atoms with Gasteiger partial charge in [0.15, 0.2) is 0 Å². The number of hydrogen-bond acceptors (Lipinski definition) is 3. The van der Waals surface area contributed by atoms with E-state index in [-0.39, 0.29) is 17.6 Å². The van der Waals surface area contributed by atoms with E-state index in [1.54, 1.807) is 19.4 Å². The van der Waals surface area contributed by atoms with Crippen LogP contribution in [0, 0.1) is 5.82 Å². The zero-order chi connectivity index (χ0) is 17.9. The molecule has 2 aromatic carbocycles. The first-order valence-corrected chi connectivity index (χ1v) is 9.41. The Morgan fingerprint density at radius 2 is 1.80 bits per heavy atom. The van der Waals surface area contributed by atoms with Crippen molar-refractivity contribution in [1.82, 2.24) is 14.3 Å². The Bertz CT molecular complexity index is 921. The second-order valence-corrected chi connectivity index (χ2v) is 7.54. The molecule has 0 spiro atoms. The molecule has 0 aliphatic carbocycles. The van der Waals surface area contributed by atoms with Crippen LogP contribution in [0.4, 0.5) is 4.39 Å². The van der Waals surface area contributed by atoms with E-state index in [9.17, 15) is 12.8 Å². The maximum absolute atomic E-state index is 12.9. The van der Waals surface area contributed by atoms with Gasteiger partial charge in [0.1, 0.15) is 5.82 Å². The first-order valence-electron chi connectivity index (χ1n) is 7.76. The minimum absolute atomic E-state index is 0.190. The van der Waals surface area contributed by atoms with Crippen molar-refractivity contribution in [2.75, 3.05) is 0 Å². The van der Waals surface area contributed by atoms with Gasteiger partial charge in [-0.2, -0.15) is 0 Å². The zero-order valence-electron chi connectivity index (χ0n) is 13.6. The topological polar surface area (TPSA) is 64.0 Å². The summed E-state index contributed by atoms with van der Waals surface area (Å²) in [5.41, 5.74) is 2.34. The number of rotatable bonds is 6. The molecule has 0 saturated heterocycles. The lowest BCUT2D eigenvalue weighted by atomic mass is 10.1. The van der Waals surface area contributed by atoms with Crippen LogP contribution in [0.5, 0.6) is 0 Å². The highest BCUT2D eigenvalue weighted by Crippen LogP contribution is 2.17. The van der Waals surface area contributed by atoms with E-state index in [1.807, 2.05) is 35.0 Å². The molecule has 25 heavy (non-hydrogen) atoms. The van der Waals surface area contributed by atoms with E-state index in [0.717, 1.165) is 11.3 Å². The third-order valence-corrected chi connectivity index (χ3v) is 5.25. The zero-order valence-corrected chi connectivity index (χ0v) is 14.4. The van der Waals surface area contributed by atoms with Gasteiger partial charge in [-0.05, 0) is 42.3 Å². The molecule has 0 amide bonds. The van der Waals surface area contributed by atoms with Crippen LogP contribution in [0.3, 0.4) is 0 Å². The second kappa shape index (κ2) is 7.16. The van der Waals surface area contributed by atoms with E-state index in [1.165, 1.54) is 24.3 Å². The van der Waals surface area contributed by atoms with Crippen molar-refractivity contribution in [2.45, 2.75) is 18.7 Å². The van der Waals surface area contributed by atoms with Gasteiger partial charge in [-0.3, -0.25) is 0 Å². The summed E-state index contributed by atoms with van der Waals surface area (Å²) in [6, 6.07) is 12.6. The smallest absolute Gasteiger partial charge is 0.216 e. The fraction of sp³-hybridized carbons (Fsp3) is 0.167. The van der Waals surface area contributed by atoms with Gasteiger partial charge < -0.3 is 4.57 Å². The molecule has 130 valence electrons. The van der Waals surface area contributed by atoms with Crippen molar-refractivity contribution in [3.05, 3.63) is 84.2 Å². The van der Waals surface area contributed by atoms with Crippen LogP contribution < -0.4 is 4.72 Å². The summed E-state index contributed by atoms with van der Waals surface area (Å²) in [4.78, 5) is 4.00. The predicted molar refractivity (Wildman–Crippen MR) is 94.1 cm³/mol. The number of sulfonamides is 1. The molecule has 5 nitrogen and oxygen atoms in total. The Morgan fingerprint density at radius 3 is 2.40 bits per heavy atom. The molecule has 0 saturated carbocycles. The van der Waals surface area contributed by atoms with Crippen molar-refractivity contribution in [1.29, 1.82) is 0 Å². The fourth-order valence-corrected chi connectivity index (χ4v) is 3.92. The second-order valence-electron chi connectivity index (χ2n) is 5.79. The Balaban J connectivity index is 1.68. The van der Waals surface area contributed by atoms with Crippen LogP contribution in [-0.4, -0.2) is 18.0 Å². The quantitative estimate of drug-likeness (QED) is 0.735. The van der Waals surface area contributed by atoms with Gasteiger partial charge in [-0.15, -0.1) is 0 Å². The van der Waals surface area contributed by atoms with E-state index in [0.29, 0.717) is 5.56 Å². The molecule has 0 fully saturated rings. The van der Waals surface area contributed by atoms with E-state index >= 15 is 0 Å². The molecule has 3 aromatic rings. The van der Waals surface area contributed by atoms with Gasteiger partial charge >= 0.3 is 0 Å². The third-order valence-electron chi connectivity index (χ3n) is 3.82. The highest BCUT2D eigenvalue weighted by Gasteiger charge is 2.16. The SMILES string of the molecule is C[C@H](NS(=O)(=O)Cc1ccc(F)cc1)c1ccc(-n2ccnc2)cc1. The summed E-state index contributed by atoms with van der Waals surface area (Å²) < 4.78 is 42.0. The maximum atomic E-state index is 12.9. The first kappa shape index (κ1) is 17.3. The summed E-state index contributed by atoms with van der Waals surface area (Å²) in [6.07, 6.45) is 5.23. The number of hydrogen-bond donors (Lipinski definition) is 1. The molecule has 3 rings (SSSR count). The van der Waals surface area contributed by atoms with Crippen molar-refractivity contribution in [2.24, 2.45) is 0 Å².